The van der Waals surface area contributed by atoms with Crippen molar-refractivity contribution in [3.05, 3.63) is 36.5 Å². The zero-order valence-electron chi connectivity index (χ0n) is 13.8. The van der Waals surface area contributed by atoms with Crippen molar-refractivity contribution >= 4 is 20.9 Å². The number of benzene rings is 1. The van der Waals surface area contributed by atoms with Crippen molar-refractivity contribution in [3.8, 4) is 0 Å². The van der Waals surface area contributed by atoms with Crippen LogP contribution in [0.4, 0.5) is 13.2 Å². The van der Waals surface area contributed by atoms with E-state index in [9.17, 15) is 21.6 Å². The number of nitrogens with zero attached hydrogens (tertiary/aromatic N) is 2. The lowest BCUT2D eigenvalue weighted by atomic mass is 10.2. The van der Waals surface area contributed by atoms with Crippen LogP contribution < -0.4 is 10.0 Å². The Kier molecular flexibility index (Phi) is 5.47. The number of fused-ring (bicyclic) bond motifs is 1. The molecule has 10 heteroatoms. The highest BCUT2D eigenvalue weighted by Gasteiger charge is 2.44. The average Bonchev–Trinajstić information content (AvgIpc) is 2.61. The molecule has 142 valence electrons. The van der Waals surface area contributed by atoms with Crippen LogP contribution in [0.2, 0.25) is 0 Å². The third-order valence-electron chi connectivity index (χ3n) is 4.32. The van der Waals surface area contributed by atoms with Gasteiger partial charge < -0.3 is 5.32 Å². The molecule has 1 fully saturated rings. The van der Waals surface area contributed by atoms with E-state index in [1.807, 2.05) is 0 Å². The molecule has 0 aliphatic carbocycles. The van der Waals surface area contributed by atoms with Gasteiger partial charge >= 0.3 is 6.18 Å². The van der Waals surface area contributed by atoms with Gasteiger partial charge in [-0.3, -0.25) is 9.88 Å². The lowest BCUT2D eigenvalue weighted by molar-refractivity contribution is -0.182. The zero-order chi connectivity index (χ0) is 18.8. The van der Waals surface area contributed by atoms with Gasteiger partial charge in [-0.05, 0) is 24.3 Å². The summed E-state index contributed by atoms with van der Waals surface area (Å²) in [6.07, 6.45) is -2.94. The fraction of sp³-hybridized carbons (Fsp3) is 0.438. The van der Waals surface area contributed by atoms with Gasteiger partial charge in [0, 0.05) is 44.3 Å². The van der Waals surface area contributed by atoms with Crippen molar-refractivity contribution < 1.29 is 21.6 Å². The maximum absolute atomic E-state index is 13.4. The molecule has 0 radical (unpaired) electrons. The molecule has 1 unspecified atom stereocenters. The third kappa shape index (κ3) is 4.32. The molecule has 3 rings (SSSR count). The van der Waals surface area contributed by atoms with Gasteiger partial charge in [-0.25, -0.2) is 13.1 Å². The molecule has 1 aromatic heterocycles. The molecule has 2 aromatic rings. The molecule has 0 saturated carbocycles. The summed E-state index contributed by atoms with van der Waals surface area (Å²) in [5, 5.41) is 3.58. The predicted molar refractivity (Wildman–Crippen MR) is 91.2 cm³/mol. The summed E-state index contributed by atoms with van der Waals surface area (Å²) in [6.45, 7) is 0.589. The van der Waals surface area contributed by atoms with Crippen molar-refractivity contribution in [1.29, 1.82) is 0 Å². The molecule has 1 atom stereocenters. The summed E-state index contributed by atoms with van der Waals surface area (Å²) in [5.41, 5.74) is 0.612. The number of aromatic nitrogens is 1. The second-order valence-corrected chi connectivity index (χ2v) is 7.82. The highest BCUT2D eigenvalue weighted by Crippen LogP contribution is 2.25. The standard InChI is InChI=1S/C16H19F3N4O2S/c17-16(18,19)15(23-8-6-20-7-9-23)11-22-26(24,25)13-3-4-14-12(10-13)2-1-5-21-14/h1-5,10,15,20,22H,6-9,11H2. The highest BCUT2D eigenvalue weighted by molar-refractivity contribution is 7.89. The van der Waals surface area contributed by atoms with E-state index >= 15 is 0 Å². The van der Waals surface area contributed by atoms with Gasteiger partial charge in [-0.2, -0.15) is 13.2 Å². The lowest BCUT2D eigenvalue weighted by Crippen LogP contribution is -2.57. The average molecular weight is 388 g/mol. The number of piperazine rings is 1. The Bertz CT molecular complexity index is 867. The van der Waals surface area contributed by atoms with Crippen molar-refractivity contribution in [2.75, 3.05) is 32.7 Å². The largest absolute Gasteiger partial charge is 0.405 e. The van der Waals surface area contributed by atoms with E-state index in [1.54, 1.807) is 18.3 Å². The minimum atomic E-state index is -4.52. The van der Waals surface area contributed by atoms with Crippen LogP contribution in [0.25, 0.3) is 10.9 Å². The van der Waals surface area contributed by atoms with E-state index in [0.717, 1.165) is 0 Å². The Morgan fingerprint density at radius 2 is 1.96 bits per heavy atom. The van der Waals surface area contributed by atoms with E-state index in [2.05, 4.69) is 15.0 Å². The number of hydrogen-bond donors (Lipinski definition) is 2. The normalized spacial score (nSPS) is 18.1. The Hall–Kier alpha value is -1.75. The van der Waals surface area contributed by atoms with Crippen LogP contribution in [0.1, 0.15) is 0 Å². The minimum absolute atomic E-state index is 0.0840. The summed E-state index contributed by atoms with van der Waals surface area (Å²) < 4.78 is 67.2. The zero-order valence-corrected chi connectivity index (χ0v) is 14.6. The van der Waals surface area contributed by atoms with Gasteiger partial charge in [0.1, 0.15) is 6.04 Å². The molecule has 0 spiro atoms. The molecule has 2 heterocycles. The number of alkyl halides is 3. The summed E-state index contributed by atoms with van der Waals surface area (Å²) in [6, 6.07) is 5.77. The van der Waals surface area contributed by atoms with E-state index in [1.165, 1.54) is 23.1 Å². The Labute approximate surface area is 149 Å². The Balaban J connectivity index is 1.78. The molecule has 1 aliphatic rings. The molecule has 1 aliphatic heterocycles. The smallest absolute Gasteiger partial charge is 0.314 e. The van der Waals surface area contributed by atoms with E-state index in [-0.39, 0.29) is 18.0 Å². The van der Waals surface area contributed by atoms with Gasteiger partial charge in [0.15, 0.2) is 0 Å². The molecule has 0 amide bonds. The van der Waals surface area contributed by atoms with Gasteiger partial charge in [0.25, 0.3) is 0 Å². The fourth-order valence-corrected chi connectivity index (χ4v) is 4.01. The maximum Gasteiger partial charge on any atom is 0.405 e. The molecule has 26 heavy (non-hydrogen) atoms. The van der Waals surface area contributed by atoms with Crippen LogP contribution in [0.5, 0.6) is 0 Å². The predicted octanol–water partition coefficient (Wildman–Crippen LogP) is 1.35. The summed E-state index contributed by atoms with van der Waals surface area (Å²) >= 11 is 0. The number of pyridine rings is 1. The summed E-state index contributed by atoms with van der Waals surface area (Å²) in [4.78, 5) is 5.26. The van der Waals surface area contributed by atoms with Crippen LogP contribution in [0.15, 0.2) is 41.4 Å². The van der Waals surface area contributed by atoms with Crippen LogP contribution >= 0.6 is 0 Å². The van der Waals surface area contributed by atoms with Crippen LogP contribution in [0.3, 0.4) is 0 Å². The SMILES string of the molecule is O=S(=O)(NCC(N1CCNCC1)C(F)(F)F)c1ccc2ncccc2c1. The van der Waals surface area contributed by atoms with E-state index in [4.69, 9.17) is 0 Å². The summed E-state index contributed by atoms with van der Waals surface area (Å²) in [5.74, 6) is 0. The van der Waals surface area contributed by atoms with Crippen LogP contribution in [-0.2, 0) is 10.0 Å². The first-order valence-corrected chi connectivity index (χ1v) is 9.62. The number of nitrogens with one attached hydrogen (secondary N) is 2. The number of halogens is 3. The minimum Gasteiger partial charge on any atom is -0.314 e. The maximum atomic E-state index is 13.4. The molecular weight excluding hydrogens is 369 g/mol. The first kappa shape index (κ1) is 19.0. The van der Waals surface area contributed by atoms with Crippen molar-refractivity contribution in [3.63, 3.8) is 0 Å². The van der Waals surface area contributed by atoms with Gasteiger partial charge in [0.2, 0.25) is 10.0 Å². The first-order valence-electron chi connectivity index (χ1n) is 8.13. The Morgan fingerprint density at radius 3 is 2.65 bits per heavy atom. The van der Waals surface area contributed by atoms with Crippen molar-refractivity contribution in [2.45, 2.75) is 17.1 Å². The number of hydrogen-bond acceptors (Lipinski definition) is 5. The second kappa shape index (κ2) is 7.47. The van der Waals surface area contributed by atoms with Gasteiger partial charge in [-0.1, -0.05) is 6.07 Å². The number of rotatable bonds is 5. The molecule has 1 aromatic carbocycles. The summed E-state index contributed by atoms with van der Waals surface area (Å²) in [7, 11) is -4.07. The van der Waals surface area contributed by atoms with E-state index < -0.39 is 28.8 Å². The topological polar surface area (TPSA) is 74.3 Å². The van der Waals surface area contributed by atoms with Crippen LogP contribution in [0, 0.1) is 0 Å². The first-order chi connectivity index (χ1) is 12.3. The molecule has 6 nitrogen and oxygen atoms in total. The molecule has 1 saturated heterocycles. The third-order valence-corrected chi connectivity index (χ3v) is 5.74. The molecular formula is C16H19F3N4O2S. The quantitative estimate of drug-likeness (QED) is 0.809. The van der Waals surface area contributed by atoms with Crippen molar-refractivity contribution in [1.82, 2.24) is 19.9 Å². The molecule has 0 bridgehead atoms. The van der Waals surface area contributed by atoms with Crippen LogP contribution in [-0.4, -0.2) is 63.2 Å². The monoisotopic (exact) mass is 388 g/mol. The second-order valence-electron chi connectivity index (χ2n) is 6.05. The lowest BCUT2D eigenvalue weighted by Gasteiger charge is -2.35. The van der Waals surface area contributed by atoms with Crippen molar-refractivity contribution in [2.24, 2.45) is 0 Å². The number of sulfonamides is 1. The van der Waals surface area contributed by atoms with Gasteiger partial charge in [-0.15, -0.1) is 0 Å². The molecule has 2 N–H and O–H groups in total. The highest BCUT2D eigenvalue weighted by atomic mass is 32.2. The van der Waals surface area contributed by atoms with Gasteiger partial charge in [0.05, 0.1) is 10.4 Å². The fourth-order valence-electron chi connectivity index (χ4n) is 2.94. The Morgan fingerprint density at radius 1 is 1.23 bits per heavy atom. The van der Waals surface area contributed by atoms with E-state index in [0.29, 0.717) is 24.0 Å².